The van der Waals surface area contributed by atoms with Crippen LogP contribution >= 0.6 is 15.9 Å². The molecule has 0 amide bonds. The van der Waals surface area contributed by atoms with Gasteiger partial charge in [-0.3, -0.25) is 0 Å². The summed E-state index contributed by atoms with van der Waals surface area (Å²) in [5.41, 5.74) is 4.66. The van der Waals surface area contributed by atoms with E-state index in [0.717, 1.165) is 34.2 Å². The fraction of sp³-hybridized carbons (Fsp3) is 0.176. The maximum Gasteiger partial charge on any atom is 0.266 e. The minimum absolute atomic E-state index is 0.0775. The molecule has 0 aromatic heterocycles. The standard InChI is InChI=1S/C17H15BrFNO2S/c18-14-4-1-3-13(11-14)17-6-2-5-16(17)12-7-9-15(10-8-12)23(21,22)20-19/h1,3-4,7-11,20H,2,5-6H2. The van der Waals surface area contributed by atoms with Crippen molar-refractivity contribution in [1.29, 1.82) is 0 Å². The summed E-state index contributed by atoms with van der Waals surface area (Å²) in [6, 6.07) is 14.5. The Hall–Kier alpha value is -1.50. The van der Waals surface area contributed by atoms with Crippen LogP contribution in [0.1, 0.15) is 30.4 Å². The number of halogens is 2. The number of benzene rings is 2. The molecule has 0 bridgehead atoms. The fourth-order valence-electron chi connectivity index (χ4n) is 2.94. The molecule has 0 radical (unpaired) electrons. The van der Waals surface area contributed by atoms with E-state index < -0.39 is 10.0 Å². The quantitative estimate of drug-likeness (QED) is 0.762. The molecule has 120 valence electrons. The molecule has 0 aliphatic heterocycles. The fourth-order valence-corrected chi connectivity index (χ4v) is 3.92. The normalized spacial score (nSPS) is 15.2. The van der Waals surface area contributed by atoms with Gasteiger partial charge < -0.3 is 0 Å². The molecule has 1 aliphatic rings. The number of allylic oxidation sites excluding steroid dienone is 2. The summed E-state index contributed by atoms with van der Waals surface area (Å²) in [7, 11) is -4.05. The minimum atomic E-state index is -4.05. The minimum Gasteiger partial charge on any atom is -0.205 e. The van der Waals surface area contributed by atoms with Gasteiger partial charge in [-0.1, -0.05) is 40.2 Å². The van der Waals surface area contributed by atoms with Gasteiger partial charge in [0.25, 0.3) is 10.0 Å². The Morgan fingerprint density at radius 3 is 2.22 bits per heavy atom. The number of hydrogen-bond donors (Lipinski definition) is 1. The molecule has 2 aromatic carbocycles. The predicted octanol–water partition coefficient (Wildman–Crippen LogP) is 4.71. The topological polar surface area (TPSA) is 46.2 Å². The lowest BCUT2D eigenvalue weighted by Gasteiger charge is -2.10. The van der Waals surface area contributed by atoms with Crippen molar-refractivity contribution in [3.05, 3.63) is 64.1 Å². The summed E-state index contributed by atoms with van der Waals surface area (Å²) in [6.07, 6.45) is 3.02. The van der Waals surface area contributed by atoms with Crippen LogP contribution in [0, 0.1) is 0 Å². The van der Waals surface area contributed by atoms with Crippen LogP contribution in [0.2, 0.25) is 0 Å². The third kappa shape index (κ3) is 3.39. The molecule has 23 heavy (non-hydrogen) atoms. The monoisotopic (exact) mass is 395 g/mol. The van der Waals surface area contributed by atoms with Crippen LogP contribution in [0.4, 0.5) is 4.48 Å². The largest absolute Gasteiger partial charge is 0.266 e. The second-order valence-electron chi connectivity index (χ2n) is 5.43. The highest BCUT2D eigenvalue weighted by atomic mass is 79.9. The molecule has 1 N–H and O–H groups in total. The zero-order chi connectivity index (χ0) is 16.4. The maximum absolute atomic E-state index is 12.3. The lowest BCUT2D eigenvalue weighted by Crippen LogP contribution is -2.14. The van der Waals surface area contributed by atoms with Crippen LogP contribution in [-0.4, -0.2) is 8.42 Å². The molecule has 0 saturated carbocycles. The van der Waals surface area contributed by atoms with E-state index >= 15 is 0 Å². The van der Waals surface area contributed by atoms with Crippen LogP contribution in [0.25, 0.3) is 11.1 Å². The third-order valence-corrected chi connectivity index (χ3v) is 5.59. The Balaban J connectivity index is 2.01. The Kier molecular flexibility index (Phi) is 4.66. The summed E-state index contributed by atoms with van der Waals surface area (Å²) in [4.78, 5) is 0.765. The molecule has 1 aliphatic carbocycles. The van der Waals surface area contributed by atoms with Gasteiger partial charge in [0.05, 0.1) is 4.90 Å². The number of hydrogen-bond acceptors (Lipinski definition) is 2. The SMILES string of the molecule is O=S(=O)(NF)c1ccc(C2=C(c3cccc(Br)c3)CCC2)cc1. The molecular formula is C17H15BrFNO2S. The van der Waals surface area contributed by atoms with Gasteiger partial charge in [-0.05, 0) is 70.7 Å². The van der Waals surface area contributed by atoms with Crippen molar-refractivity contribution in [2.45, 2.75) is 24.2 Å². The molecule has 3 nitrogen and oxygen atoms in total. The van der Waals surface area contributed by atoms with E-state index in [1.807, 2.05) is 12.1 Å². The lowest BCUT2D eigenvalue weighted by molar-refractivity contribution is 0.425. The maximum atomic E-state index is 12.3. The first kappa shape index (κ1) is 16.4. The average molecular weight is 396 g/mol. The van der Waals surface area contributed by atoms with E-state index in [1.54, 1.807) is 12.1 Å². The van der Waals surface area contributed by atoms with Gasteiger partial charge in [-0.25, -0.2) is 8.42 Å². The van der Waals surface area contributed by atoms with Crippen molar-refractivity contribution in [2.24, 2.45) is 0 Å². The molecule has 0 unspecified atom stereocenters. The van der Waals surface area contributed by atoms with E-state index in [-0.39, 0.29) is 4.90 Å². The van der Waals surface area contributed by atoms with E-state index in [1.165, 1.54) is 28.8 Å². The summed E-state index contributed by atoms with van der Waals surface area (Å²) < 4.78 is 36.3. The van der Waals surface area contributed by atoms with Gasteiger partial charge >= 0.3 is 0 Å². The summed E-state index contributed by atoms with van der Waals surface area (Å²) in [5, 5.41) is 0. The number of nitrogens with one attached hydrogen (secondary N) is 1. The molecule has 0 fully saturated rings. The van der Waals surface area contributed by atoms with Gasteiger partial charge in [0, 0.05) is 4.47 Å². The van der Waals surface area contributed by atoms with Gasteiger partial charge in [0.15, 0.2) is 0 Å². The van der Waals surface area contributed by atoms with Crippen LogP contribution in [-0.2, 0) is 10.0 Å². The summed E-state index contributed by atoms with van der Waals surface area (Å²) in [6.45, 7) is 0. The lowest BCUT2D eigenvalue weighted by atomic mass is 9.97. The molecule has 0 atom stereocenters. The van der Waals surface area contributed by atoms with Crippen LogP contribution in [0.15, 0.2) is 57.9 Å². The van der Waals surface area contributed by atoms with Gasteiger partial charge in [-0.2, -0.15) is 0 Å². The van der Waals surface area contributed by atoms with Gasteiger partial charge in [0.1, 0.15) is 0 Å². The first-order chi connectivity index (χ1) is 11.0. The molecule has 0 saturated heterocycles. The smallest absolute Gasteiger partial charge is 0.205 e. The van der Waals surface area contributed by atoms with Crippen molar-refractivity contribution in [2.75, 3.05) is 0 Å². The molecule has 6 heteroatoms. The van der Waals surface area contributed by atoms with E-state index in [9.17, 15) is 12.9 Å². The van der Waals surface area contributed by atoms with Gasteiger partial charge in [0.2, 0.25) is 0 Å². The highest BCUT2D eigenvalue weighted by Crippen LogP contribution is 2.40. The van der Waals surface area contributed by atoms with Crippen molar-refractivity contribution < 1.29 is 12.9 Å². The van der Waals surface area contributed by atoms with Crippen LogP contribution < -0.4 is 4.94 Å². The van der Waals surface area contributed by atoms with Crippen LogP contribution in [0.5, 0.6) is 0 Å². The number of rotatable bonds is 4. The molecule has 3 rings (SSSR count). The van der Waals surface area contributed by atoms with Crippen molar-refractivity contribution >= 4 is 37.1 Å². The van der Waals surface area contributed by atoms with E-state index in [4.69, 9.17) is 0 Å². The Morgan fingerprint density at radius 2 is 1.61 bits per heavy atom. The molecular weight excluding hydrogens is 381 g/mol. The zero-order valence-electron chi connectivity index (χ0n) is 12.2. The number of sulfonamides is 1. The molecule has 0 spiro atoms. The zero-order valence-corrected chi connectivity index (χ0v) is 14.6. The molecule has 2 aromatic rings. The summed E-state index contributed by atoms with van der Waals surface area (Å²) in [5.74, 6) is 0. The first-order valence-corrected chi connectivity index (χ1v) is 9.50. The van der Waals surface area contributed by atoms with Crippen molar-refractivity contribution in [3.8, 4) is 0 Å². The Bertz CT molecular complexity index is 860. The van der Waals surface area contributed by atoms with Crippen molar-refractivity contribution in [1.82, 2.24) is 4.94 Å². The highest BCUT2D eigenvalue weighted by Gasteiger charge is 2.19. The van der Waals surface area contributed by atoms with E-state index in [2.05, 4.69) is 28.1 Å². The summed E-state index contributed by atoms with van der Waals surface area (Å²) >= 11 is 3.49. The van der Waals surface area contributed by atoms with E-state index in [0.29, 0.717) is 0 Å². The molecule has 0 heterocycles. The Morgan fingerprint density at radius 1 is 0.957 bits per heavy atom. The Labute approximate surface area is 143 Å². The second kappa shape index (κ2) is 6.55. The first-order valence-electron chi connectivity index (χ1n) is 7.22. The highest BCUT2D eigenvalue weighted by molar-refractivity contribution is 9.10. The van der Waals surface area contributed by atoms with Crippen LogP contribution in [0.3, 0.4) is 0 Å². The predicted molar refractivity (Wildman–Crippen MR) is 92.7 cm³/mol. The average Bonchev–Trinajstić information content (AvgIpc) is 3.04. The van der Waals surface area contributed by atoms with Crippen molar-refractivity contribution in [3.63, 3.8) is 0 Å². The third-order valence-electron chi connectivity index (χ3n) is 4.01. The second-order valence-corrected chi connectivity index (χ2v) is 7.97. The van der Waals surface area contributed by atoms with Gasteiger partial charge in [-0.15, -0.1) is 4.48 Å².